The van der Waals surface area contributed by atoms with Crippen LogP contribution in [-0.4, -0.2) is 31.7 Å². The van der Waals surface area contributed by atoms with Crippen molar-refractivity contribution < 1.29 is 4.79 Å². The van der Waals surface area contributed by atoms with Crippen LogP contribution in [0.3, 0.4) is 0 Å². The molecule has 0 radical (unpaired) electrons. The Kier molecular flexibility index (Phi) is 4.79. The zero-order valence-electron chi connectivity index (χ0n) is 14.6. The minimum absolute atomic E-state index is 0.0602. The second-order valence-electron chi connectivity index (χ2n) is 6.71. The average molecular weight is 367 g/mol. The molecular weight excluding hydrogens is 346 g/mol. The van der Waals surface area contributed by atoms with Gasteiger partial charge in [-0.15, -0.1) is 11.3 Å². The molecule has 4 rings (SSSR count). The zero-order chi connectivity index (χ0) is 17.9. The van der Waals surface area contributed by atoms with Crippen molar-refractivity contribution in [1.29, 1.82) is 0 Å². The van der Waals surface area contributed by atoms with Gasteiger partial charge in [0.1, 0.15) is 0 Å². The third-order valence-electron chi connectivity index (χ3n) is 4.93. The molecule has 1 amide bonds. The van der Waals surface area contributed by atoms with E-state index in [1.54, 1.807) is 18.6 Å². The van der Waals surface area contributed by atoms with Crippen LogP contribution in [0.25, 0.3) is 11.3 Å². The van der Waals surface area contributed by atoms with E-state index in [-0.39, 0.29) is 11.9 Å². The lowest BCUT2D eigenvalue weighted by atomic mass is 9.91. The lowest BCUT2D eigenvalue weighted by Crippen LogP contribution is -2.38. The summed E-state index contributed by atoms with van der Waals surface area (Å²) < 4.78 is 2.03. The van der Waals surface area contributed by atoms with Crippen LogP contribution in [0.15, 0.2) is 42.4 Å². The predicted octanol–water partition coefficient (Wildman–Crippen LogP) is 3.62. The van der Waals surface area contributed by atoms with E-state index in [1.165, 1.54) is 11.3 Å². The third-order valence-corrected chi connectivity index (χ3v) is 5.95. The van der Waals surface area contributed by atoms with Crippen LogP contribution >= 0.6 is 11.3 Å². The van der Waals surface area contributed by atoms with Gasteiger partial charge in [-0.3, -0.25) is 19.4 Å². The van der Waals surface area contributed by atoms with Gasteiger partial charge in [0.15, 0.2) is 0 Å². The zero-order valence-corrected chi connectivity index (χ0v) is 15.4. The number of hydrogen-bond acceptors (Lipinski definition) is 5. The summed E-state index contributed by atoms with van der Waals surface area (Å²) in [5.41, 5.74) is 2.88. The fraction of sp³-hybridized carbons (Fsp3) is 0.368. The largest absolute Gasteiger partial charge is 0.349 e. The van der Waals surface area contributed by atoms with E-state index >= 15 is 0 Å². The highest BCUT2D eigenvalue weighted by atomic mass is 32.1. The maximum atomic E-state index is 12.4. The molecule has 6 nitrogen and oxygen atoms in total. The molecule has 3 aromatic rings. The van der Waals surface area contributed by atoms with Gasteiger partial charge in [-0.2, -0.15) is 5.10 Å². The second kappa shape index (κ2) is 7.37. The first-order valence-electron chi connectivity index (χ1n) is 8.86. The van der Waals surface area contributed by atoms with Crippen LogP contribution < -0.4 is 5.32 Å². The van der Waals surface area contributed by atoms with Gasteiger partial charge in [0.05, 0.1) is 29.0 Å². The Bertz CT molecular complexity index is 880. The van der Waals surface area contributed by atoms with Gasteiger partial charge < -0.3 is 5.32 Å². The summed E-state index contributed by atoms with van der Waals surface area (Å²) in [5.74, 6) is 0.0602. The molecule has 0 spiro atoms. The van der Waals surface area contributed by atoms with Gasteiger partial charge in [0.25, 0.3) is 5.91 Å². The van der Waals surface area contributed by atoms with Crippen LogP contribution in [0.1, 0.15) is 47.0 Å². The van der Waals surface area contributed by atoms with Gasteiger partial charge in [-0.25, -0.2) is 0 Å². The van der Waals surface area contributed by atoms with E-state index in [9.17, 15) is 4.79 Å². The molecule has 26 heavy (non-hydrogen) atoms. The molecule has 1 fully saturated rings. The normalized spacial score (nSPS) is 20.0. The molecule has 1 aliphatic rings. The molecule has 0 aromatic carbocycles. The van der Waals surface area contributed by atoms with Crippen LogP contribution in [0, 0.1) is 6.92 Å². The summed E-state index contributed by atoms with van der Waals surface area (Å²) >= 11 is 1.51. The van der Waals surface area contributed by atoms with Gasteiger partial charge >= 0.3 is 0 Å². The van der Waals surface area contributed by atoms with Crippen LogP contribution in [0.2, 0.25) is 0 Å². The van der Waals surface area contributed by atoms with E-state index < -0.39 is 0 Å². The van der Waals surface area contributed by atoms with Gasteiger partial charge in [0, 0.05) is 30.2 Å². The maximum absolute atomic E-state index is 12.4. The summed E-state index contributed by atoms with van der Waals surface area (Å²) in [6.45, 7) is 1.98. The van der Waals surface area contributed by atoms with Crippen molar-refractivity contribution in [3.8, 4) is 11.3 Å². The number of rotatable bonds is 4. The molecule has 1 aliphatic carbocycles. The smallest absolute Gasteiger partial charge is 0.261 e. The Morgan fingerprint density at radius 3 is 2.77 bits per heavy atom. The molecule has 3 aromatic heterocycles. The number of nitrogens with zero attached hydrogens (tertiary/aromatic N) is 4. The molecule has 7 heteroatoms. The fourth-order valence-corrected chi connectivity index (χ4v) is 4.29. The molecule has 0 bridgehead atoms. The van der Waals surface area contributed by atoms with Crippen LogP contribution in [0.4, 0.5) is 0 Å². The molecule has 134 valence electrons. The molecule has 1 N–H and O–H groups in total. The van der Waals surface area contributed by atoms with E-state index in [2.05, 4.69) is 20.4 Å². The van der Waals surface area contributed by atoms with Crippen molar-refractivity contribution in [2.24, 2.45) is 0 Å². The Balaban J connectivity index is 1.35. The highest BCUT2D eigenvalue weighted by molar-refractivity contribution is 7.12. The number of aryl methyl sites for hydroxylation is 1. The minimum atomic E-state index is 0.0602. The maximum Gasteiger partial charge on any atom is 0.261 e. The van der Waals surface area contributed by atoms with E-state index in [1.807, 2.05) is 35.4 Å². The highest BCUT2D eigenvalue weighted by Gasteiger charge is 2.25. The number of thiophene rings is 1. The molecule has 0 unspecified atom stereocenters. The van der Waals surface area contributed by atoms with Crippen molar-refractivity contribution in [1.82, 2.24) is 25.1 Å². The van der Waals surface area contributed by atoms with Crippen LogP contribution in [0.5, 0.6) is 0 Å². The molecule has 0 atom stereocenters. The number of aromatic nitrogens is 4. The first-order chi connectivity index (χ1) is 12.7. The lowest BCUT2D eigenvalue weighted by Gasteiger charge is -2.29. The molecule has 1 saturated carbocycles. The van der Waals surface area contributed by atoms with E-state index in [4.69, 9.17) is 0 Å². The van der Waals surface area contributed by atoms with Crippen molar-refractivity contribution in [2.75, 3.05) is 0 Å². The number of hydrogen-bond donors (Lipinski definition) is 1. The Morgan fingerprint density at radius 2 is 2.08 bits per heavy atom. The first-order valence-corrected chi connectivity index (χ1v) is 9.74. The lowest BCUT2D eigenvalue weighted by molar-refractivity contribution is 0.0925. The Morgan fingerprint density at radius 1 is 1.23 bits per heavy atom. The SMILES string of the molecule is Cc1ccsc1C(=O)NC1CCC(n2cc(-c3cnccn3)cn2)CC1. The summed E-state index contributed by atoms with van der Waals surface area (Å²) in [4.78, 5) is 21.6. The number of amides is 1. The molecule has 0 saturated heterocycles. The quantitative estimate of drug-likeness (QED) is 0.764. The molecule has 0 aliphatic heterocycles. The predicted molar refractivity (Wildman–Crippen MR) is 101 cm³/mol. The van der Waals surface area contributed by atoms with Crippen molar-refractivity contribution in [3.05, 3.63) is 52.9 Å². The number of carbonyl (C=O) groups is 1. The molecule has 3 heterocycles. The van der Waals surface area contributed by atoms with Gasteiger partial charge in [-0.05, 0) is 49.6 Å². The summed E-state index contributed by atoms with van der Waals surface area (Å²) in [6.07, 6.45) is 13.0. The number of carbonyl (C=O) groups excluding carboxylic acids is 1. The Labute approximate surface area is 156 Å². The van der Waals surface area contributed by atoms with Crippen molar-refractivity contribution >= 4 is 17.2 Å². The Hall–Kier alpha value is -2.54. The standard InChI is InChI=1S/C19H21N5OS/c1-13-6-9-26-18(13)19(25)23-15-2-4-16(5-3-15)24-12-14(10-22-24)17-11-20-7-8-21-17/h6-12,15-16H,2-5H2,1H3,(H,23,25). The van der Waals surface area contributed by atoms with E-state index in [0.717, 1.165) is 47.4 Å². The van der Waals surface area contributed by atoms with E-state index in [0.29, 0.717) is 6.04 Å². The van der Waals surface area contributed by atoms with Gasteiger partial charge in [0.2, 0.25) is 0 Å². The third kappa shape index (κ3) is 3.53. The monoisotopic (exact) mass is 367 g/mol. The average Bonchev–Trinajstić information content (AvgIpc) is 3.32. The highest BCUT2D eigenvalue weighted by Crippen LogP contribution is 2.29. The second-order valence-corrected chi connectivity index (χ2v) is 7.63. The van der Waals surface area contributed by atoms with Crippen LogP contribution in [-0.2, 0) is 0 Å². The summed E-state index contributed by atoms with van der Waals surface area (Å²) in [6, 6.07) is 2.61. The topological polar surface area (TPSA) is 72.7 Å². The summed E-state index contributed by atoms with van der Waals surface area (Å²) in [5, 5.41) is 9.67. The number of nitrogens with one attached hydrogen (secondary N) is 1. The summed E-state index contributed by atoms with van der Waals surface area (Å²) in [7, 11) is 0. The minimum Gasteiger partial charge on any atom is -0.349 e. The van der Waals surface area contributed by atoms with Gasteiger partial charge in [-0.1, -0.05) is 0 Å². The fourth-order valence-electron chi connectivity index (χ4n) is 3.46. The first kappa shape index (κ1) is 16.9. The van der Waals surface area contributed by atoms with Crippen molar-refractivity contribution in [3.63, 3.8) is 0 Å². The molecular formula is C19H21N5OS. The van der Waals surface area contributed by atoms with Crippen molar-refractivity contribution in [2.45, 2.75) is 44.7 Å².